The predicted molar refractivity (Wildman–Crippen MR) is 104 cm³/mol. The first-order chi connectivity index (χ1) is 12.2. The highest BCUT2D eigenvalue weighted by Gasteiger charge is 2.45. The summed E-state index contributed by atoms with van der Waals surface area (Å²) in [5, 5.41) is 5.12. The number of halogens is 1. The highest BCUT2D eigenvalue weighted by molar-refractivity contribution is 9.10. The van der Waals surface area contributed by atoms with Crippen LogP contribution in [-0.4, -0.2) is 26.3 Å². The maximum absolute atomic E-state index is 12.8. The number of hydrogen-bond donors (Lipinski definition) is 1. The third kappa shape index (κ3) is 4.00. The summed E-state index contributed by atoms with van der Waals surface area (Å²) in [5.74, 6) is 0.373. The van der Waals surface area contributed by atoms with Crippen molar-refractivity contribution in [3.05, 3.63) is 64.1 Å². The summed E-state index contributed by atoms with van der Waals surface area (Å²) >= 11 is 3.47. The fourth-order valence-corrected chi connectivity index (χ4v) is 4.12. The largest absolute Gasteiger partial charge is 0.339 e. The summed E-state index contributed by atoms with van der Waals surface area (Å²) in [4.78, 5) is 14.6. The van der Waals surface area contributed by atoms with Crippen LogP contribution < -0.4 is 5.14 Å². The molecule has 3 atom stereocenters. The van der Waals surface area contributed by atoms with Crippen molar-refractivity contribution in [2.24, 2.45) is 11.1 Å². The summed E-state index contributed by atoms with van der Waals surface area (Å²) in [6, 6.07) is 14.3. The number of carbonyl (C=O) groups excluding carboxylic acids is 1. The molecule has 2 aromatic carbocycles. The quantitative estimate of drug-likeness (QED) is 0.779. The molecule has 0 heterocycles. The third-order valence-corrected chi connectivity index (χ3v) is 6.43. The van der Waals surface area contributed by atoms with E-state index >= 15 is 0 Å². The smallest absolute Gasteiger partial charge is 0.238 e. The summed E-state index contributed by atoms with van der Waals surface area (Å²) in [5.41, 5.74) is 2.05. The number of amides is 1. The van der Waals surface area contributed by atoms with Crippen LogP contribution in [0.4, 0.5) is 0 Å². The molecule has 3 unspecified atom stereocenters. The summed E-state index contributed by atoms with van der Waals surface area (Å²) in [7, 11) is -1.92. The standard InChI is InChI=1S/C19H21BrN2O3S/c1-12(13-6-8-16(9-7-13)26(21,24)25)22(2)19(23)18-11-17(18)14-4-3-5-15(20)10-14/h3-10,12,17-18H,11H2,1-2H3,(H2,21,24,25). The second kappa shape index (κ2) is 7.13. The zero-order valence-corrected chi connectivity index (χ0v) is 17.0. The summed E-state index contributed by atoms with van der Waals surface area (Å²) in [6.07, 6.45) is 0.858. The van der Waals surface area contributed by atoms with Gasteiger partial charge in [0.1, 0.15) is 0 Å². The average Bonchev–Trinajstić information content (AvgIpc) is 3.40. The molecule has 5 nitrogen and oxygen atoms in total. The van der Waals surface area contributed by atoms with E-state index < -0.39 is 10.0 Å². The van der Waals surface area contributed by atoms with Crippen LogP contribution in [0.15, 0.2) is 57.9 Å². The lowest BCUT2D eigenvalue weighted by atomic mass is 10.1. The maximum atomic E-state index is 12.8. The van der Waals surface area contributed by atoms with E-state index in [0.29, 0.717) is 0 Å². The van der Waals surface area contributed by atoms with Crippen LogP contribution in [0, 0.1) is 5.92 Å². The SMILES string of the molecule is CC(c1ccc(S(N)(=O)=O)cc1)N(C)C(=O)C1CC1c1cccc(Br)c1. The Labute approximate surface area is 162 Å². The van der Waals surface area contributed by atoms with Crippen molar-refractivity contribution >= 4 is 31.9 Å². The van der Waals surface area contributed by atoms with Gasteiger partial charge in [-0.3, -0.25) is 4.79 Å². The molecular formula is C19H21BrN2O3S. The first-order valence-electron chi connectivity index (χ1n) is 8.33. The van der Waals surface area contributed by atoms with Gasteiger partial charge in [-0.05, 0) is 54.7 Å². The van der Waals surface area contributed by atoms with Crippen molar-refractivity contribution in [2.45, 2.75) is 30.2 Å². The second-order valence-electron chi connectivity index (χ2n) is 6.74. The molecule has 1 saturated carbocycles. The van der Waals surface area contributed by atoms with Gasteiger partial charge in [0.15, 0.2) is 0 Å². The Hall–Kier alpha value is -1.70. The van der Waals surface area contributed by atoms with Crippen molar-refractivity contribution < 1.29 is 13.2 Å². The van der Waals surface area contributed by atoms with E-state index in [9.17, 15) is 13.2 Å². The Balaban J connectivity index is 1.69. The molecule has 3 rings (SSSR count). The van der Waals surface area contributed by atoms with Crippen LogP contribution in [0.25, 0.3) is 0 Å². The van der Waals surface area contributed by atoms with Gasteiger partial charge in [-0.25, -0.2) is 13.6 Å². The monoisotopic (exact) mass is 436 g/mol. The predicted octanol–water partition coefficient (Wildman–Crippen LogP) is 3.42. The van der Waals surface area contributed by atoms with Gasteiger partial charge in [0.25, 0.3) is 0 Å². The Bertz CT molecular complexity index is 928. The molecule has 138 valence electrons. The Morgan fingerprint density at radius 1 is 1.23 bits per heavy atom. The van der Waals surface area contributed by atoms with E-state index in [4.69, 9.17) is 5.14 Å². The van der Waals surface area contributed by atoms with E-state index in [1.807, 2.05) is 19.1 Å². The normalized spacial score (nSPS) is 20.5. The fraction of sp³-hybridized carbons (Fsp3) is 0.316. The maximum Gasteiger partial charge on any atom is 0.238 e. The van der Waals surface area contributed by atoms with Gasteiger partial charge in [-0.15, -0.1) is 0 Å². The molecule has 26 heavy (non-hydrogen) atoms. The molecule has 1 fully saturated rings. The molecule has 0 aromatic heterocycles. The Kier molecular flexibility index (Phi) is 5.23. The number of sulfonamides is 1. The molecule has 1 aliphatic carbocycles. The lowest BCUT2D eigenvalue weighted by Gasteiger charge is -2.26. The van der Waals surface area contributed by atoms with Gasteiger partial charge in [0, 0.05) is 17.4 Å². The molecule has 2 N–H and O–H groups in total. The van der Waals surface area contributed by atoms with Crippen LogP contribution in [0.5, 0.6) is 0 Å². The summed E-state index contributed by atoms with van der Waals surface area (Å²) < 4.78 is 23.7. The molecule has 0 spiro atoms. The van der Waals surface area contributed by atoms with Crippen molar-refractivity contribution in [1.82, 2.24) is 4.90 Å². The van der Waals surface area contributed by atoms with Gasteiger partial charge in [0.05, 0.1) is 10.9 Å². The first-order valence-corrected chi connectivity index (χ1v) is 10.7. The highest BCUT2D eigenvalue weighted by atomic mass is 79.9. The highest BCUT2D eigenvalue weighted by Crippen LogP contribution is 2.49. The molecule has 7 heteroatoms. The Morgan fingerprint density at radius 3 is 2.46 bits per heavy atom. The number of primary sulfonamides is 1. The van der Waals surface area contributed by atoms with Crippen LogP contribution in [0.3, 0.4) is 0 Å². The minimum Gasteiger partial charge on any atom is -0.339 e. The first kappa shape index (κ1) is 19.1. The average molecular weight is 437 g/mol. The van der Waals surface area contributed by atoms with Gasteiger partial charge < -0.3 is 4.90 Å². The number of hydrogen-bond acceptors (Lipinski definition) is 3. The van der Waals surface area contributed by atoms with E-state index in [1.54, 1.807) is 24.1 Å². The molecule has 1 amide bonds. The van der Waals surface area contributed by atoms with Crippen molar-refractivity contribution in [2.75, 3.05) is 7.05 Å². The number of carbonyl (C=O) groups is 1. The van der Waals surface area contributed by atoms with E-state index in [2.05, 4.69) is 28.1 Å². The zero-order chi connectivity index (χ0) is 19.1. The fourth-order valence-electron chi connectivity index (χ4n) is 3.19. The van der Waals surface area contributed by atoms with Crippen molar-refractivity contribution in [3.8, 4) is 0 Å². The molecule has 0 radical (unpaired) electrons. The molecule has 1 aliphatic rings. The van der Waals surface area contributed by atoms with E-state index in [1.165, 1.54) is 17.7 Å². The minimum absolute atomic E-state index is 0.000410. The number of nitrogens with two attached hydrogens (primary N) is 1. The van der Waals surface area contributed by atoms with Gasteiger partial charge in [0.2, 0.25) is 15.9 Å². The van der Waals surface area contributed by atoms with Crippen LogP contribution >= 0.6 is 15.9 Å². The number of benzene rings is 2. The van der Waals surface area contributed by atoms with Gasteiger partial charge in [-0.2, -0.15) is 0 Å². The van der Waals surface area contributed by atoms with E-state index in [0.717, 1.165) is 16.5 Å². The van der Waals surface area contributed by atoms with Crippen LogP contribution in [-0.2, 0) is 14.8 Å². The lowest BCUT2D eigenvalue weighted by Crippen LogP contribution is -2.31. The number of nitrogens with zero attached hydrogens (tertiary/aromatic N) is 1. The van der Waals surface area contributed by atoms with Gasteiger partial charge >= 0.3 is 0 Å². The van der Waals surface area contributed by atoms with Crippen molar-refractivity contribution in [1.29, 1.82) is 0 Å². The molecule has 2 aromatic rings. The van der Waals surface area contributed by atoms with Crippen molar-refractivity contribution in [3.63, 3.8) is 0 Å². The number of rotatable bonds is 5. The van der Waals surface area contributed by atoms with E-state index in [-0.39, 0.29) is 28.7 Å². The minimum atomic E-state index is -3.71. The molecular weight excluding hydrogens is 416 g/mol. The molecule has 0 bridgehead atoms. The second-order valence-corrected chi connectivity index (χ2v) is 9.22. The van der Waals surface area contributed by atoms with Crippen LogP contribution in [0.2, 0.25) is 0 Å². The van der Waals surface area contributed by atoms with Crippen LogP contribution in [0.1, 0.15) is 36.4 Å². The zero-order valence-electron chi connectivity index (χ0n) is 14.6. The lowest BCUT2D eigenvalue weighted by molar-refractivity contribution is -0.133. The molecule has 0 aliphatic heterocycles. The Morgan fingerprint density at radius 2 is 1.88 bits per heavy atom. The van der Waals surface area contributed by atoms with Gasteiger partial charge in [-0.1, -0.05) is 40.2 Å². The third-order valence-electron chi connectivity index (χ3n) is 5.00. The summed E-state index contributed by atoms with van der Waals surface area (Å²) in [6.45, 7) is 1.93. The molecule has 0 saturated heterocycles. The topological polar surface area (TPSA) is 80.5 Å².